The minimum atomic E-state index is -0.991. The van der Waals surface area contributed by atoms with Crippen molar-refractivity contribution >= 4 is 34.8 Å². The van der Waals surface area contributed by atoms with Gasteiger partial charge in [-0.25, -0.2) is 4.98 Å². The van der Waals surface area contributed by atoms with Crippen molar-refractivity contribution in [3.8, 4) is 11.6 Å². The zero-order valence-electron chi connectivity index (χ0n) is 25.1. The second-order valence-corrected chi connectivity index (χ2v) is 11.8. The number of nitrogens with zero attached hydrogens (tertiary/aromatic N) is 3. The smallest absolute Gasteiger partial charge is 0.270 e. The highest BCUT2D eigenvalue weighted by atomic mass is 16.5. The van der Waals surface area contributed by atoms with E-state index in [1.165, 1.54) is 7.11 Å². The van der Waals surface area contributed by atoms with Crippen molar-refractivity contribution in [2.24, 2.45) is 11.8 Å². The maximum absolute atomic E-state index is 14.1. The van der Waals surface area contributed by atoms with Crippen LogP contribution >= 0.6 is 0 Å². The number of hydrogen-bond donors (Lipinski definition) is 2. The summed E-state index contributed by atoms with van der Waals surface area (Å²) in [4.78, 5) is 48.5. The lowest BCUT2D eigenvalue weighted by Crippen LogP contribution is -2.53. The summed E-state index contributed by atoms with van der Waals surface area (Å²) in [6, 6.07) is 7.54. The molecule has 2 fully saturated rings. The number of nitrogens with one attached hydrogen (secondary N) is 2. The highest BCUT2D eigenvalue weighted by molar-refractivity contribution is 6.04. The summed E-state index contributed by atoms with van der Waals surface area (Å²) in [5.74, 6) is -0.129. The molecule has 1 aliphatic carbocycles. The van der Waals surface area contributed by atoms with Crippen molar-refractivity contribution in [1.82, 2.24) is 10.3 Å². The van der Waals surface area contributed by atoms with Crippen LogP contribution < -0.4 is 29.9 Å². The molecular weight excluding hydrogens is 538 g/mol. The fourth-order valence-corrected chi connectivity index (χ4v) is 5.74. The number of hydrogen-bond acceptors (Lipinski definition) is 8. The highest BCUT2D eigenvalue weighted by Gasteiger charge is 2.43. The Balaban J connectivity index is 1.36. The van der Waals surface area contributed by atoms with Gasteiger partial charge in [0.15, 0.2) is 5.60 Å². The number of pyridine rings is 1. The third kappa shape index (κ3) is 6.07. The van der Waals surface area contributed by atoms with E-state index in [4.69, 9.17) is 14.2 Å². The number of ether oxygens (including phenoxy) is 3. The van der Waals surface area contributed by atoms with Gasteiger partial charge in [-0.3, -0.25) is 14.4 Å². The van der Waals surface area contributed by atoms with Crippen molar-refractivity contribution in [1.29, 1.82) is 0 Å². The summed E-state index contributed by atoms with van der Waals surface area (Å²) < 4.78 is 16.6. The predicted molar refractivity (Wildman–Crippen MR) is 159 cm³/mol. The largest absolute Gasteiger partial charge is 0.480 e. The lowest BCUT2D eigenvalue weighted by atomic mass is 9.88. The van der Waals surface area contributed by atoms with Crippen LogP contribution in [0.1, 0.15) is 45.1 Å². The Bertz CT molecular complexity index is 1340. The van der Waals surface area contributed by atoms with Gasteiger partial charge < -0.3 is 34.6 Å². The molecule has 0 unspecified atom stereocenters. The molecule has 1 saturated heterocycles. The first-order valence-electron chi connectivity index (χ1n) is 14.6. The van der Waals surface area contributed by atoms with Gasteiger partial charge >= 0.3 is 0 Å². The number of rotatable bonds is 10. The fraction of sp³-hybridized carbons (Fsp3) is 0.548. The number of piperidine rings is 1. The van der Waals surface area contributed by atoms with Crippen LogP contribution in [-0.2, 0) is 19.1 Å². The van der Waals surface area contributed by atoms with E-state index in [2.05, 4.69) is 15.6 Å². The molecule has 0 spiro atoms. The van der Waals surface area contributed by atoms with Crippen LogP contribution in [0.3, 0.4) is 0 Å². The molecule has 1 saturated carbocycles. The number of fused-ring (bicyclic) bond motifs is 1. The molecule has 11 heteroatoms. The summed E-state index contributed by atoms with van der Waals surface area (Å²) in [5, 5.41) is 6.28. The molecule has 2 aromatic rings. The van der Waals surface area contributed by atoms with Crippen LogP contribution in [0.4, 0.5) is 17.1 Å². The number of carbonyl (C=O) groups excluding carboxylic acids is 3. The van der Waals surface area contributed by atoms with Crippen molar-refractivity contribution < 1.29 is 28.6 Å². The SMILES string of the molecule is COCCCN1C(=O)C(C)(C)Oc2ccc(N(C(=O)[C@H]3CNC[C@@H](C(=O)Nc4c(C)ccnc4OC)C3)C3CC3)cc21. The summed E-state index contributed by atoms with van der Waals surface area (Å²) in [6.07, 6.45) is 4.55. The lowest BCUT2D eigenvalue weighted by Gasteiger charge is -2.39. The van der Waals surface area contributed by atoms with Gasteiger partial charge in [-0.2, -0.15) is 0 Å². The monoisotopic (exact) mass is 579 g/mol. The maximum Gasteiger partial charge on any atom is 0.270 e. The Labute approximate surface area is 246 Å². The summed E-state index contributed by atoms with van der Waals surface area (Å²) in [7, 11) is 3.16. The van der Waals surface area contributed by atoms with Gasteiger partial charge in [0.05, 0.1) is 24.6 Å². The molecule has 2 N–H and O–H groups in total. The summed E-state index contributed by atoms with van der Waals surface area (Å²) in [6.45, 7) is 7.40. The topological polar surface area (TPSA) is 122 Å². The van der Waals surface area contributed by atoms with Crippen LogP contribution in [-0.4, -0.2) is 74.8 Å². The van der Waals surface area contributed by atoms with Crippen LogP contribution in [0.5, 0.6) is 11.6 Å². The van der Waals surface area contributed by atoms with Gasteiger partial charge in [0, 0.05) is 51.3 Å². The lowest BCUT2D eigenvalue weighted by molar-refractivity contribution is -0.132. The minimum Gasteiger partial charge on any atom is -0.480 e. The van der Waals surface area contributed by atoms with Gasteiger partial charge in [0.25, 0.3) is 5.91 Å². The Morgan fingerprint density at radius 3 is 2.67 bits per heavy atom. The van der Waals surface area contributed by atoms with Gasteiger partial charge in [0.1, 0.15) is 11.4 Å². The second-order valence-electron chi connectivity index (χ2n) is 11.8. The normalized spacial score (nSPS) is 21.3. The second kappa shape index (κ2) is 12.3. The Morgan fingerprint density at radius 1 is 1.19 bits per heavy atom. The van der Waals surface area contributed by atoms with E-state index in [0.29, 0.717) is 62.1 Å². The van der Waals surface area contributed by atoms with E-state index in [1.54, 1.807) is 32.1 Å². The quantitative estimate of drug-likeness (QED) is 0.411. The van der Waals surface area contributed by atoms with Crippen LogP contribution in [0.15, 0.2) is 30.5 Å². The molecule has 3 heterocycles. The molecule has 5 rings (SSSR count). The zero-order valence-corrected chi connectivity index (χ0v) is 25.1. The third-order valence-corrected chi connectivity index (χ3v) is 8.15. The average molecular weight is 580 g/mol. The first kappa shape index (κ1) is 29.8. The van der Waals surface area contributed by atoms with Crippen molar-refractivity contribution in [3.05, 3.63) is 36.0 Å². The molecule has 1 aromatic heterocycles. The molecule has 42 heavy (non-hydrogen) atoms. The zero-order chi connectivity index (χ0) is 30.0. The molecule has 3 amide bonds. The van der Waals surface area contributed by atoms with Gasteiger partial charge in [-0.15, -0.1) is 0 Å². The van der Waals surface area contributed by atoms with E-state index < -0.39 is 11.5 Å². The van der Waals surface area contributed by atoms with E-state index in [1.807, 2.05) is 36.1 Å². The van der Waals surface area contributed by atoms with Crippen molar-refractivity contribution in [3.63, 3.8) is 0 Å². The molecule has 226 valence electrons. The summed E-state index contributed by atoms with van der Waals surface area (Å²) >= 11 is 0. The highest BCUT2D eigenvalue weighted by Crippen LogP contribution is 2.43. The minimum absolute atomic E-state index is 0.0214. The van der Waals surface area contributed by atoms with Gasteiger partial charge in [-0.1, -0.05) is 0 Å². The Morgan fingerprint density at radius 2 is 1.95 bits per heavy atom. The van der Waals surface area contributed by atoms with Gasteiger partial charge in [-0.05, 0) is 76.3 Å². The van der Waals surface area contributed by atoms with E-state index >= 15 is 0 Å². The first-order chi connectivity index (χ1) is 20.1. The molecular formula is C31H41N5O6. The molecule has 1 aromatic carbocycles. The number of methoxy groups -OCH3 is 2. The van der Waals surface area contributed by atoms with Crippen LogP contribution in [0.2, 0.25) is 0 Å². The van der Waals surface area contributed by atoms with Crippen molar-refractivity contribution in [2.45, 2.75) is 58.1 Å². The third-order valence-electron chi connectivity index (χ3n) is 8.15. The average Bonchev–Trinajstić information content (AvgIpc) is 3.81. The maximum atomic E-state index is 14.1. The van der Waals surface area contributed by atoms with Gasteiger partial charge in [0.2, 0.25) is 17.7 Å². The molecule has 11 nitrogen and oxygen atoms in total. The van der Waals surface area contributed by atoms with Crippen molar-refractivity contribution in [2.75, 3.05) is 55.6 Å². The Kier molecular flexibility index (Phi) is 8.70. The molecule has 2 atom stereocenters. The number of carbonyl (C=O) groups is 3. The predicted octanol–water partition coefficient (Wildman–Crippen LogP) is 3.30. The molecule has 0 radical (unpaired) electrons. The van der Waals surface area contributed by atoms with Crippen LogP contribution in [0.25, 0.3) is 0 Å². The fourth-order valence-electron chi connectivity index (χ4n) is 5.74. The number of amides is 3. The number of aryl methyl sites for hydroxylation is 1. The molecule has 0 bridgehead atoms. The Hall–Kier alpha value is -3.70. The van der Waals surface area contributed by atoms with E-state index in [0.717, 1.165) is 24.1 Å². The first-order valence-corrected chi connectivity index (χ1v) is 14.6. The number of benzene rings is 1. The number of anilines is 3. The standard InChI is InChI=1S/C31H41N5O6/c1-19-11-12-33-28(41-5)26(19)34-27(37)20-15-21(18-32-17-20)29(38)36(22-7-8-22)23-9-10-25-24(16-23)35(13-6-14-40-4)30(39)31(2,3)42-25/h9-12,16,20-22,32H,6-8,13-15,17-18H2,1-5H3,(H,34,37)/t20-,21+/m0/s1. The van der Waals surface area contributed by atoms with E-state index in [9.17, 15) is 14.4 Å². The summed E-state index contributed by atoms with van der Waals surface area (Å²) in [5.41, 5.74) is 1.79. The molecule has 3 aliphatic rings. The van der Waals surface area contributed by atoms with E-state index in [-0.39, 0.29) is 29.7 Å². The number of aromatic nitrogens is 1. The van der Waals surface area contributed by atoms with Crippen LogP contribution in [0, 0.1) is 18.8 Å². The molecule has 2 aliphatic heterocycles.